The maximum Gasteiger partial charge on any atom is 0.301 e. The molecule has 0 radical (unpaired) electrons. The second-order valence-corrected chi connectivity index (χ2v) is 11.5. The van der Waals surface area contributed by atoms with Crippen LogP contribution < -0.4 is 9.64 Å². The monoisotopic (exact) mass is 592 g/mol. The van der Waals surface area contributed by atoms with Crippen molar-refractivity contribution in [2.24, 2.45) is 0 Å². The fourth-order valence-electron chi connectivity index (χ4n) is 4.86. The third-order valence-electron chi connectivity index (χ3n) is 6.77. The molecule has 3 aromatic carbocycles. The molecule has 8 nitrogen and oxygen atoms in total. The summed E-state index contributed by atoms with van der Waals surface area (Å²) in [5.74, 6) is -0.717. The number of hydrogen-bond acceptors (Lipinski definition) is 9. The number of amides is 1. The molecule has 1 aliphatic rings. The second-order valence-electron chi connectivity index (χ2n) is 9.35. The lowest BCUT2D eigenvalue weighted by atomic mass is 9.95. The van der Waals surface area contributed by atoms with Gasteiger partial charge in [-0.25, -0.2) is 0 Å². The van der Waals surface area contributed by atoms with E-state index in [-0.39, 0.29) is 23.1 Å². The molecule has 0 bridgehead atoms. The Bertz CT molecular complexity index is 1830. The van der Waals surface area contributed by atoms with Gasteiger partial charge in [-0.3, -0.25) is 19.5 Å². The van der Waals surface area contributed by atoms with Crippen LogP contribution in [0.3, 0.4) is 0 Å². The molecule has 5 aromatic rings. The fraction of sp³-hybridized carbons (Fsp3) is 0.0938. The zero-order valence-corrected chi connectivity index (χ0v) is 23.8. The smallest absolute Gasteiger partial charge is 0.301 e. The lowest BCUT2D eigenvalue weighted by Gasteiger charge is -2.23. The third-order valence-corrected chi connectivity index (χ3v) is 8.88. The standard InChI is InChI=1S/C32H24N4O4S2/c1-2-17-40-24-11-6-9-22(18-24)27-26(28(37)21-13-15-33-16-14-21)29(38)30(39)36(27)31-34-35-32(42-31)41-19-23-10-5-8-20-7-3-4-12-25(20)23/h2-16,18,27,37H,1,17,19H2. The van der Waals surface area contributed by atoms with E-state index in [1.165, 1.54) is 40.4 Å². The van der Waals surface area contributed by atoms with Crippen molar-refractivity contribution in [2.75, 3.05) is 11.5 Å². The van der Waals surface area contributed by atoms with Crippen LogP contribution in [0.5, 0.6) is 5.75 Å². The number of hydrogen-bond donors (Lipinski definition) is 1. The van der Waals surface area contributed by atoms with Crippen LogP contribution in [0.25, 0.3) is 16.5 Å². The molecule has 1 aliphatic heterocycles. The number of pyridine rings is 1. The van der Waals surface area contributed by atoms with Gasteiger partial charge in [-0.15, -0.1) is 10.2 Å². The zero-order chi connectivity index (χ0) is 29.1. The molecule has 1 unspecified atom stereocenters. The normalized spacial score (nSPS) is 16.2. The number of carbonyl (C=O) groups is 2. The van der Waals surface area contributed by atoms with E-state index in [1.807, 2.05) is 18.2 Å². The molecule has 1 saturated heterocycles. The Balaban J connectivity index is 1.37. The van der Waals surface area contributed by atoms with E-state index < -0.39 is 17.7 Å². The number of rotatable bonds is 9. The highest BCUT2D eigenvalue weighted by molar-refractivity contribution is 8.00. The molecule has 1 amide bonds. The van der Waals surface area contributed by atoms with Crippen molar-refractivity contribution in [3.05, 3.63) is 126 Å². The molecule has 6 rings (SSSR count). The highest BCUT2D eigenvalue weighted by Gasteiger charge is 2.48. The number of aromatic nitrogens is 3. The number of aliphatic hydroxyl groups is 1. The molecule has 1 N–H and O–H groups in total. The number of fused-ring (bicyclic) bond motifs is 1. The van der Waals surface area contributed by atoms with Crippen molar-refractivity contribution < 1.29 is 19.4 Å². The average Bonchev–Trinajstić information content (AvgIpc) is 3.60. The van der Waals surface area contributed by atoms with Gasteiger partial charge in [0.15, 0.2) is 4.34 Å². The van der Waals surface area contributed by atoms with Gasteiger partial charge in [0.2, 0.25) is 5.13 Å². The molecule has 10 heteroatoms. The summed E-state index contributed by atoms with van der Waals surface area (Å²) in [4.78, 5) is 32.3. The van der Waals surface area contributed by atoms with E-state index >= 15 is 0 Å². The highest BCUT2D eigenvalue weighted by atomic mass is 32.2. The Morgan fingerprint density at radius 2 is 1.81 bits per heavy atom. The van der Waals surface area contributed by atoms with Gasteiger partial charge in [-0.05, 0) is 46.2 Å². The van der Waals surface area contributed by atoms with Crippen LogP contribution in [0.4, 0.5) is 5.13 Å². The Labute approximate surface area is 250 Å². The van der Waals surface area contributed by atoms with Gasteiger partial charge < -0.3 is 9.84 Å². The van der Waals surface area contributed by atoms with E-state index in [2.05, 4.69) is 46.0 Å². The van der Waals surface area contributed by atoms with Crippen LogP contribution in [0, 0.1) is 0 Å². The van der Waals surface area contributed by atoms with E-state index in [9.17, 15) is 14.7 Å². The minimum Gasteiger partial charge on any atom is -0.507 e. The molecular weight excluding hydrogens is 569 g/mol. The molecule has 2 aromatic heterocycles. The van der Waals surface area contributed by atoms with Crippen molar-refractivity contribution in [2.45, 2.75) is 16.1 Å². The van der Waals surface area contributed by atoms with Crippen molar-refractivity contribution >= 4 is 56.5 Å². The topological polar surface area (TPSA) is 106 Å². The quantitative estimate of drug-likeness (QED) is 0.0512. The first-order chi connectivity index (χ1) is 20.5. The van der Waals surface area contributed by atoms with Crippen LogP contribution in [0.1, 0.15) is 22.7 Å². The van der Waals surface area contributed by atoms with E-state index in [1.54, 1.807) is 42.5 Å². The molecule has 0 saturated carbocycles. The summed E-state index contributed by atoms with van der Waals surface area (Å²) in [5, 5.41) is 22.5. The number of aliphatic hydroxyl groups excluding tert-OH is 1. The Hall–Kier alpha value is -4.80. The number of ketones is 1. The van der Waals surface area contributed by atoms with Crippen molar-refractivity contribution in [1.29, 1.82) is 0 Å². The molecule has 1 fully saturated rings. The lowest BCUT2D eigenvalue weighted by Crippen LogP contribution is -2.29. The number of thioether (sulfide) groups is 1. The first kappa shape index (κ1) is 27.4. The van der Waals surface area contributed by atoms with E-state index in [4.69, 9.17) is 4.74 Å². The predicted octanol–water partition coefficient (Wildman–Crippen LogP) is 6.57. The van der Waals surface area contributed by atoms with Crippen LogP contribution >= 0.6 is 23.1 Å². The highest BCUT2D eigenvalue weighted by Crippen LogP contribution is 2.44. The van der Waals surface area contributed by atoms with Crippen molar-refractivity contribution in [3.63, 3.8) is 0 Å². The van der Waals surface area contributed by atoms with Gasteiger partial charge in [0, 0.05) is 23.7 Å². The van der Waals surface area contributed by atoms with Crippen LogP contribution in [-0.2, 0) is 15.3 Å². The molecule has 0 spiro atoms. The largest absolute Gasteiger partial charge is 0.507 e. The summed E-state index contributed by atoms with van der Waals surface area (Å²) in [6.07, 6.45) is 4.64. The van der Waals surface area contributed by atoms with Crippen molar-refractivity contribution in [3.8, 4) is 5.75 Å². The zero-order valence-electron chi connectivity index (χ0n) is 22.2. The Morgan fingerprint density at radius 3 is 2.64 bits per heavy atom. The lowest BCUT2D eigenvalue weighted by molar-refractivity contribution is -0.132. The molecular formula is C32H24N4O4S2. The number of Topliss-reactive ketones (excluding diaryl/α,β-unsaturated/α-hetero) is 1. The fourth-order valence-corrected chi connectivity index (χ4v) is 6.73. The van der Waals surface area contributed by atoms with Crippen LogP contribution in [-0.4, -0.2) is 38.6 Å². The second kappa shape index (κ2) is 12.0. The first-order valence-electron chi connectivity index (χ1n) is 13.0. The van der Waals surface area contributed by atoms with Gasteiger partial charge >= 0.3 is 5.91 Å². The minimum absolute atomic E-state index is 0.0489. The average molecular weight is 593 g/mol. The molecule has 3 heterocycles. The summed E-state index contributed by atoms with van der Waals surface area (Å²) >= 11 is 2.73. The Kier molecular flexibility index (Phi) is 7.81. The Morgan fingerprint density at radius 1 is 1.02 bits per heavy atom. The van der Waals surface area contributed by atoms with Gasteiger partial charge in [0.1, 0.15) is 18.1 Å². The number of anilines is 1. The summed E-state index contributed by atoms with van der Waals surface area (Å²) in [5.41, 5.74) is 2.05. The van der Waals surface area contributed by atoms with Gasteiger partial charge in [0.05, 0.1) is 11.6 Å². The SMILES string of the molecule is C=CCOc1cccc(C2C(=C(O)c3ccncc3)C(=O)C(=O)N2c2nnc(SCc3cccc4ccccc34)s2)c1. The number of benzene rings is 3. The summed E-state index contributed by atoms with van der Waals surface area (Å²) in [6.45, 7) is 3.97. The van der Waals surface area contributed by atoms with Crippen molar-refractivity contribution in [1.82, 2.24) is 15.2 Å². The molecule has 42 heavy (non-hydrogen) atoms. The summed E-state index contributed by atoms with van der Waals surface area (Å²) in [7, 11) is 0. The maximum atomic E-state index is 13.5. The molecule has 1 atom stereocenters. The van der Waals surface area contributed by atoms with E-state index in [0.29, 0.717) is 27.0 Å². The predicted molar refractivity (Wildman–Crippen MR) is 165 cm³/mol. The van der Waals surface area contributed by atoms with Gasteiger partial charge in [-0.2, -0.15) is 0 Å². The number of nitrogens with zero attached hydrogens (tertiary/aromatic N) is 4. The van der Waals surface area contributed by atoms with E-state index in [0.717, 1.165) is 16.3 Å². The maximum absolute atomic E-state index is 13.5. The number of ether oxygens (including phenoxy) is 1. The van der Waals surface area contributed by atoms with Gasteiger partial charge in [0.25, 0.3) is 5.78 Å². The molecule has 0 aliphatic carbocycles. The third kappa shape index (κ3) is 5.29. The number of carbonyl (C=O) groups excluding carboxylic acids is 2. The first-order valence-corrected chi connectivity index (χ1v) is 14.8. The minimum atomic E-state index is -0.950. The van der Waals surface area contributed by atoms with Crippen LogP contribution in [0.15, 0.2) is 114 Å². The summed E-state index contributed by atoms with van der Waals surface area (Å²) in [6, 6.07) is 23.6. The van der Waals surface area contributed by atoms with Crippen LogP contribution in [0.2, 0.25) is 0 Å². The summed E-state index contributed by atoms with van der Waals surface area (Å²) < 4.78 is 6.37. The van der Waals surface area contributed by atoms with Gasteiger partial charge in [-0.1, -0.05) is 90.4 Å². The molecule has 208 valence electrons.